The molecule has 0 saturated heterocycles. The number of Topliss-reactive ketones (excluding diaryl/α,β-unsaturated/α-hetero) is 1. The van der Waals surface area contributed by atoms with E-state index in [9.17, 15) is 19.5 Å². The molecule has 0 aromatic carbocycles. The molecule has 4 rings (SSSR count). The monoisotopic (exact) mass is 492 g/mol. The van der Waals surface area contributed by atoms with Crippen LogP contribution in [-0.2, 0) is 19.1 Å². The van der Waals surface area contributed by atoms with Crippen molar-refractivity contribution in [1.82, 2.24) is 0 Å². The van der Waals surface area contributed by atoms with Gasteiger partial charge in [0.15, 0.2) is 0 Å². The van der Waals surface area contributed by atoms with Crippen molar-refractivity contribution < 1.29 is 24.2 Å². The number of rotatable bonds is 6. The van der Waals surface area contributed by atoms with Crippen LogP contribution in [0.5, 0.6) is 0 Å². The van der Waals surface area contributed by atoms with E-state index in [1.54, 1.807) is 20.8 Å². The summed E-state index contributed by atoms with van der Waals surface area (Å²) in [5.41, 5.74) is 0.0130. The Morgan fingerprint density at radius 2 is 1.62 bits per heavy atom. The van der Waals surface area contributed by atoms with Crippen LogP contribution in [0.4, 0.5) is 0 Å². The first-order valence-electron chi connectivity index (χ1n) is 13.3. The highest BCUT2D eigenvalue weighted by Crippen LogP contribution is 2.68. The third-order valence-electron chi connectivity index (χ3n) is 10.9. The summed E-state index contributed by atoms with van der Waals surface area (Å²) in [5, 5.41) is 9.30. The average Bonchev–Trinajstić information content (AvgIpc) is 3.10. The van der Waals surface area contributed by atoms with E-state index in [-0.39, 0.29) is 28.5 Å². The summed E-state index contributed by atoms with van der Waals surface area (Å²) >= 11 is 1.13. The van der Waals surface area contributed by atoms with E-state index in [1.807, 2.05) is 0 Å². The van der Waals surface area contributed by atoms with E-state index < -0.39 is 16.3 Å². The number of thioether (sulfide) groups is 1. The predicted octanol–water partition coefficient (Wildman–Crippen LogP) is 6.13. The Hall–Kier alpha value is -1.04. The summed E-state index contributed by atoms with van der Waals surface area (Å²) < 4.78 is 5.02. The smallest absolute Gasteiger partial charge is 0.319 e. The lowest BCUT2D eigenvalue weighted by Gasteiger charge is -2.62. The molecule has 0 radical (unpaired) electrons. The van der Waals surface area contributed by atoms with Crippen LogP contribution in [0.1, 0.15) is 99.3 Å². The molecule has 0 unspecified atom stereocenters. The molecule has 0 aliphatic heterocycles. The maximum Gasteiger partial charge on any atom is 0.319 e. The Balaban J connectivity index is 1.41. The minimum absolute atomic E-state index is 0.0686. The largest absolute Gasteiger partial charge is 0.480 e. The highest BCUT2D eigenvalue weighted by atomic mass is 32.2. The third-order valence-corrected chi connectivity index (χ3v) is 12.1. The Bertz CT molecular complexity index is 854. The first kappa shape index (κ1) is 26.0. The van der Waals surface area contributed by atoms with Gasteiger partial charge in [-0.2, -0.15) is 0 Å². The zero-order valence-electron chi connectivity index (χ0n) is 21.9. The molecule has 4 aliphatic rings. The SMILES string of the molecule is CC(=O)[C@H]1CC[C@H]2[C@@H]3CC[C@H]4C[C@](C)(OC(=O)CSC(C)(C)C(=O)O)CC[C@]4(C)[C@H]3CC[C@]12C. The van der Waals surface area contributed by atoms with Gasteiger partial charge in [-0.15, -0.1) is 11.8 Å². The maximum atomic E-state index is 12.6. The number of carbonyl (C=O) groups is 3. The van der Waals surface area contributed by atoms with Gasteiger partial charge in [-0.05, 0) is 120 Å². The van der Waals surface area contributed by atoms with Crippen LogP contribution in [0.15, 0.2) is 0 Å². The van der Waals surface area contributed by atoms with Crippen LogP contribution in [0.2, 0.25) is 0 Å². The van der Waals surface area contributed by atoms with Crippen molar-refractivity contribution in [3.63, 3.8) is 0 Å². The van der Waals surface area contributed by atoms with Crippen LogP contribution in [-0.4, -0.2) is 38.9 Å². The number of carboxylic acids is 1. The molecule has 4 saturated carbocycles. The number of fused-ring (bicyclic) bond motifs is 5. The number of ketones is 1. The van der Waals surface area contributed by atoms with E-state index in [0.717, 1.165) is 43.4 Å². The molecule has 34 heavy (non-hydrogen) atoms. The number of aliphatic carboxylic acids is 1. The molecule has 5 nitrogen and oxygen atoms in total. The van der Waals surface area contributed by atoms with Crippen molar-refractivity contribution in [1.29, 1.82) is 0 Å². The summed E-state index contributed by atoms with van der Waals surface area (Å²) in [7, 11) is 0. The van der Waals surface area contributed by atoms with E-state index in [1.165, 1.54) is 32.1 Å². The van der Waals surface area contributed by atoms with Crippen LogP contribution in [0.3, 0.4) is 0 Å². The maximum absolute atomic E-state index is 12.6. The molecule has 0 bridgehead atoms. The number of hydrogen-bond acceptors (Lipinski definition) is 5. The summed E-state index contributed by atoms with van der Waals surface area (Å²) in [4.78, 5) is 36.4. The number of carbonyl (C=O) groups excluding carboxylic acids is 2. The van der Waals surface area contributed by atoms with Gasteiger partial charge < -0.3 is 9.84 Å². The summed E-state index contributed by atoms with van der Waals surface area (Å²) in [6, 6.07) is 0. The molecule has 0 spiro atoms. The Morgan fingerprint density at radius 3 is 2.26 bits per heavy atom. The molecule has 8 atom stereocenters. The molecule has 192 valence electrons. The zero-order valence-corrected chi connectivity index (χ0v) is 22.8. The van der Waals surface area contributed by atoms with Gasteiger partial charge in [0.25, 0.3) is 0 Å². The molecule has 1 N–H and O–H groups in total. The Morgan fingerprint density at radius 1 is 0.941 bits per heavy atom. The highest BCUT2D eigenvalue weighted by Gasteiger charge is 2.61. The minimum Gasteiger partial charge on any atom is -0.480 e. The Kier molecular flexibility index (Phi) is 6.75. The van der Waals surface area contributed by atoms with Crippen molar-refractivity contribution in [2.75, 3.05) is 5.75 Å². The summed E-state index contributed by atoms with van der Waals surface area (Å²) in [6.45, 7) is 12.0. The average molecular weight is 493 g/mol. The van der Waals surface area contributed by atoms with Crippen LogP contribution < -0.4 is 0 Å². The van der Waals surface area contributed by atoms with Crippen LogP contribution in [0.25, 0.3) is 0 Å². The fourth-order valence-electron chi connectivity index (χ4n) is 8.78. The van der Waals surface area contributed by atoms with Gasteiger partial charge in [-0.1, -0.05) is 13.8 Å². The molecule has 0 amide bonds. The summed E-state index contributed by atoms with van der Waals surface area (Å²) in [5.74, 6) is 2.17. The second kappa shape index (κ2) is 8.81. The van der Waals surface area contributed by atoms with Gasteiger partial charge in [0, 0.05) is 5.92 Å². The molecule has 0 aromatic heterocycles. The topological polar surface area (TPSA) is 80.7 Å². The van der Waals surface area contributed by atoms with E-state index in [2.05, 4.69) is 20.8 Å². The highest BCUT2D eigenvalue weighted by molar-refractivity contribution is 8.01. The lowest BCUT2D eigenvalue weighted by atomic mass is 9.44. The first-order chi connectivity index (χ1) is 15.7. The molecule has 0 heterocycles. The molecule has 4 aliphatic carbocycles. The molecular weight excluding hydrogens is 448 g/mol. The fourth-order valence-corrected chi connectivity index (χ4v) is 9.44. The van der Waals surface area contributed by atoms with E-state index in [0.29, 0.717) is 23.5 Å². The molecular formula is C28H44O5S. The van der Waals surface area contributed by atoms with Crippen molar-refractivity contribution in [3.05, 3.63) is 0 Å². The van der Waals surface area contributed by atoms with Gasteiger partial charge in [0.2, 0.25) is 0 Å². The van der Waals surface area contributed by atoms with Crippen molar-refractivity contribution >= 4 is 29.5 Å². The van der Waals surface area contributed by atoms with Gasteiger partial charge in [-0.3, -0.25) is 14.4 Å². The molecule has 4 fully saturated rings. The number of carboxylic acid groups (broad SMARTS) is 1. The fraction of sp³-hybridized carbons (Fsp3) is 0.893. The first-order valence-corrected chi connectivity index (χ1v) is 14.3. The molecule has 6 heteroatoms. The van der Waals surface area contributed by atoms with Crippen molar-refractivity contribution in [3.8, 4) is 0 Å². The van der Waals surface area contributed by atoms with Gasteiger partial charge in [0.1, 0.15) is 16.1 Å². The minimum atomic E-state index is -0.999. The Labute approximate surface area is 209 Å². The lowest BCUT2D eigenvalue weighted by molar-refractivity contribution is -0.178. The van der Waals surface area contributed by atoms with Gasteiger partial charge in [0.05, 0.1) is 5.75 Å². The van der Waals surface area contributed by atoms with Crippen LogP contribution in [0, 0.1) is 40.4 Å². The van der Waals surface area contributed by atoms with Crippen LogP contribution >= 0.6 is 11.8 Å². The quantitative estimate of drug-likeness (QED) is 0.449. The van der Waals surface area contributed by atoms with Crippen molar-refractivity contribution in [2.45, 2.75) is 110 Å². The molecule has 0 aromatic rings. The standard InChI is InChI=1S/C28H44O5S/c1-17(29)20-9-10-21-19-8-7-18-15-26(4,33-23(30)16-34-25(2,3)24(31)32)13-14-27(18,5)22(19)11-12-28(20,21)6/h18-22H,7-16H2,1-6H3,(H,31,32)/t18-,19-,20+,21-,22-,26+,27-,28+/m0/s1. The number of hydrogen-bond donors (Lipinski definition) is 1. The lowest BCUT2D eigenvalue weighted by Crippen LogP contribution is -2.56. The normalized spacial score (nSPS) is 43.9. The third kappa shape index (κ3) is 4.35. The predicted molar refractivity (Wildman–Crippen MR) is 135 cm³/mol. The van der Waals surface area contributed by atoms with Crippen molar-refractivity contribution in [2.24, 2.45) is 40.4 Å². The number of ether oxygens (including phenoxy) is 1. The van der Waals surface area contributed by atoms with Gasteiger partial charge in [-0.25, -0.2) is 0 Å². The van der Waals surface area contributed by atoms with Gasteiger partial charge >= 0.3 is 11.9 Å². The number of esters is 1. The van der Waals surface area contributed by atoms with E-state index >= 15 is 0 Å². The van der Waals surface area contributed by atoms with E-state index in [4.69, 9.17) is 4.74 Å². The zero-order chi connectivity index (χ0) is 25.1. The second-order valence-electron chi connectivity index (χ2n) is 13.2. The second-order valence-corrected chi connectivity index (χ2v) is 14.8. The summed E-state index contributed by atoms with van der Waals surface area (Å²) in [6.07, 6.45) is 9.97.